The Hall–Kier alpha value is -1.82. The number of ketones is 1. The molecule has 3 aliphatic rings. The fourth-order valence-corrected chi connectivity index (χ4v) is 4.04. The second-order valence-electron chi connectivity index (χ2n) is 7.43. The number of esters is 1. The minimum absolute atomic E-state index is 0.0716. The van der Waals surface area contributed by atoms with E-state index in [1.54, 1.807) is 0 Å². The van der Waals surface area contributed by atoms with Crippen LogP contribution in [0, 0.1) is 11.8 Å². The van der Waals surface area contributed by atoms with Crippen molar-refractivity contribution in [2.24, 2.45) is 11.8 Å². The number of aliphatic hydroxyl groups is 4. The van der Waals surface area contributed by atoms with Gasteiger partial charge in [-0.2, -0.15) is 0 Å². The average molecular weight is 414 g/mol. The fraction of sp³-hybridized carbons (Fsp3) is 0.684. The predicted octanol–water partition coefficient (Wildman–Crippen LogP) is -1.24. The summed E-state index contributed by atoms with van der Waals surface area (Å²) in [5.41, 5.74) is 1.03. The molecule has 8 atom stereocenters. The Morgan fingerprint density at radius 1 is 1.17 bits per heavy atom. The maximum atomic E-state index is 12.1. The normalized spacial score (nSPS) is 39.1. The summed E-state index contributed by atoms with van der Waals surface area (Å²) in [6.45, 7) is 0.854. The number of ether oxygens (including phenoxy) is 4. The highest BCUT2D eigenvalue weighted by atomic mass is 16.8. The van der Waals surface area contributed by atoms with Gasteiger partial charge in [0.05, 0.1) is 31.5 Å². The van der Waals surface area contributed by atoms with Crippen molar-refractivity contribution >= 4 is 11.8 Å². The molecule has 1 aliphatic carbocycles. The number of hydrogen-bond acceptors (Lipinski definition) is 10. The molecule has 8 unspecified atom stereocenters. The summed E-state index contributed by atoms with van der Waals surface area (Å²) in [4.78, 5) is 23.8. The van der Waals surface area contributed by atoms with Crippen LogP contribution in [0.3, 0.4) is 0 Å². The number of Topliss-reactive ketones (excluding diaryl/α,β-unsaturated/α-hetero) is 1. The standard InChI is InChI=1S/C19H26O10/c1-8(21)5-9-3-4-10-11(17(25)26-2)7-27-18(13(9)10)29-19-16(24)15(23)14(22)12(6-20)28-19/h3,7,10,12-16,18-20,22-24H,4-6H2,1-2H3. The van der Waals surface area contributed by atoms with Crippen molar-refractivity contribution in [2.45, 2.75) is 56.8 Å². The van der Waals surface area contributed by atoms with E-state index in [2.05, 4.69) is 0 Å². The van der Waals surface area contributed by atoms with E-state index in [9.17, 15) is 30.0 Å². The van der Waals surface area contributed by atoms with Gasteiger partial charge in [0.2, 0.25) is 6.29 Å². The highest BCUT2D eigenvalue weighted by molar-refractivity contribution is 5.89. The minimum atomic E-state index is -1.60. The van der Waals surface area contributed by atoms with E-state index in [-0.39, 0.29) is 18.1 Å². The van der Waals surface area contributed by atoms with E-state index < -0.39 is 55.5 Å². The summed E-state index contributed by atoms with van der Waals surface area (Å²) >= 11 is 0. The van der Waals surface area contributed by atoms with Crippen molar-refractivity contribution in [1.29, 1.82) is 0 Å². The average Bonchev–Trinajstić information content (AvgIpc) is 3.11. The van der Waals surface area contributed by atoms with Crippen LogP contribution < -0.4 is 0 Å². The first-order valence-electron chi connectivity index (χ1n) is 9.36. The lowest BCUT2D eigenvalue weighted by atomic mass is 9.82. The van der Waals surface area contributed by atoms with Crippen molar-refractivity contribution in [3.63, 3.8) is 0 Å². The SMILES string of the molecule is COC(=O)C1=COC(OC2OC(CO)C(O)C(O)C2O)C2C(CC(C)=O)=CCC12. The van der Waals surface area contributed by atoms with Crippen molar-refractivity contribution in [1.82, 2.24) is 0 Å². The number of fused-ring (bicyclic) bond motifs is 1. The second kappa shape index (κ2) is 8.90. The molecule has 2 aliphatic heterocycles. The highest BCUT2D eigenvalue weighted by Gasteiger charge is 2.49. The number of allylic oxidation sites excluding steroid dienone is 1. The van der Waals surface area contributed by atoms with Gasteiger partial charge in [-0.3, -0.25) is 4.79 Å². The molecular formula is C19H26O10. The number of aliphatic hydroxyl groups excluding tert-OH is 4. The number of rotatable bonds is 6. The maximum Gasteiger partial charge on any atom is 0.337 e. The second-order valence-corrected chi connectivity index (χ2v) is 7.43. The van der Waals surface area contributed by atoms with Crippen LogP contribution in [0.5, 0.6) is 0 Å². The summed E-state index contributed by atoms with van der Waals surface area (Å²) in [6.07, 6.45) is -4.55. The Labute approximate surface area is 167 Å². The van der Waals surface area contributed by atoms with Crippen molar-refractivity contribution in [2.75, 3.05) is 13.7 Å². The van der Waals surface area contributed by atoms with Gasteiger partial charge in [0.1, 0.15) is 30.2 Å². The van der Waals surface area contributed by atoms with Gasteiger partial charge >= 0.3 is 5.97 Å². The smallest absolute Gasteiger partial charge is 0.337 e. The Morgan fingerprint density at radius 2 is 1.90 bits per heavy atom. The molecule has 3 rings (SSSR count). The molecule has 29 heavy (non-hydrogen) atoms. The van der Waals surface area contributed by atoms with Crippen molar-refractivity contribution < 1.29 is 49.0 Å². The zero-order valence-corrected chi connectivity index (χ0v) is 16.1. The van der Waals surface area contributed by atoms with Gasteiger partial charge in [-0.15, -0.1) is 0 Å². The zero-order valence-electron chi connectivity index (χ0n) is 16.1. The summed E-state index contributed by atoms with van der Waals surface area (Å²) in [5, 5.41) is 39.4. The Kier molecular flexibility index (Phi) is 6.72. The summed E-state index contributed by atoms with van der Waals surface area (Å²) in [6, 6.07) is 0. The highest BCUT2D eigenvalue weighted by Crippen LogP contribution is 2.45. The Bertz CT molecular complexity index is 699. The van der Waals surface area contributed by atoms with Gasteiger partial charge in [0.15, 0.2) is 6.29 Å². The molecule has 0 aromatic rings. The molecule has 0 aromatic carbocycles. The van der Waals surface area contributed by atoms with Crippen LogP contribution >= 0.6 is 0 Å². The Balaban J connectivity index is 1.83. The van der Waals surface area contributed by atoms with Gasteiger partial charge in [-0.05, 0) is 13.3 Å². The molecule has 0 aromatic heterocycles. The lowest BCUT2D eigenvalue weighted by molar-refractivity contribution is -0.339. The van der Waals surface area contributed by atoms with E-state index in [1.807, 2.05) is 6.08 Å². The van der Waals surface area contributed by atoms with Gasteiger partial charge in [0.25, 0.3) is 0 Å². The largest absolute Gasteiger partial charge is 0.471 e. The third kappa shape index (κ3) is 4.23. The lowest BCUT2D eigenvalue weighted by Crippen LogP contribution is -2.60. The maximum absolute atomic E-state index is 12.1. The molecule has 1 fully saturated rings. The monoisotopic (exact) mass is 414 g/mol. The molecule has 10 nitrogen and oxygen atoms in total. The van der Waals surface area contributed by atoms with Crippen molar-refractivity contribution in [3.05, 3.63) is 23.5 Å². The summed E-state index contributed by atoms with van der Waals surface area (Å²) < 4.78 is 21.5. The first-order chi connectivity index (χ1) is 13.8. The first-order valence-corrected chi connectivity index (χ1v) is 9.36. The first kappa shape index (κ1) is 21.9. The molecule has 10 heteroatoms. The fourth-order valence-electron chi connectivity index (χ4n) is 4.04. The molecule has 2 heterocycles. The van der Waals surface area contributed by atoms with Gasteiger partial charge in [-0.1, -0.05) is 11.6 Å². The molecule has 1 saturated heterocycles. The molecule has 0 bridgehead atoms. The number of methoxy groups -OCH3 is 1. The lowest BCUT2D eigenvalue weighted by Gasteiger charge is -2.43. The quantitative estimate of drug-likeness (QED) is 0.307. The third-order valence-electron chi connectivity index (χ3n) is 5.51. The minimum Gasteiger partial charge on any atom is -0.471 e. The van der Waals surface area contributed by atoms with Gasteiger partial charge < -0.3 is 39.4 Å². The van der Waals surface area contributed by atoms with Crippen molar-refractivity contribution in [3.8, 4) is 0 Å². The van der Waals surface area contributed by atoms with Crippen LogP contribution in [0.15, 0.2) is 23.5 Å². The molecule has 162 valence electrons. The molecule has 0 saturated carbocycles. The van der Waals surface area contributed by atoms with Crippen LogP contribution in [0.2, 0.25) is 0 Å². The van der Waals surface area contributed by atoms with Crippen LogP contribution in [0.1, 0.15) is 19.8 Å². The predicted molar refractivity (Wildman–Crippen MR) is 94.8 cm³/mol. The molecule has 0 spiro atoms. The van der Waals surface area contributed by atoms with Crippen LogP contribution in [-0.2, 0) is 28.5 Å². The molecular weight excluding hydrogens is 388 g/mol. The Morgan fingerprint density at radius 3 is 2.52 bits per heavy atom. The topological polar surface area (TPSA) is 152 Å². The third-order valence-corrected chi connectivity index (χ3v) is 5.51. The van der Waals surface area contributed by atoms with Gasteiger partial charge in [-0.25, -0.2) is 4.79 Å². The summed E-state index contributed by atoms with van der Waals surface area (Å²) in [7, 11) is 1.26. The van der Waals surface area contributed by atoms with Crippen LogP contribution in [0.4, 0.5) is 0 Å². The zero-order chi connectivity index (χ0) is 21.3. The van der Waals surface area contributed by atoms with E-state index in [4.69, 9.17) is 18.9 Å². The van der Waals surface area contributed by atoms with Crippen LogP contribution in [0.25, 0.3) is 0 Å². The van der Waals surface area contributed by atoms with E-state index in [0.717, 1.165) is 5.57 Å². The van der Waals surface area contributed by atoms with E-state index >= 15 is 0 Å². The summed E-state index contributed by atoms with van der Waals surface area (Å²) in [5.74, 6) is -1.48. The number of carbonyl (C=O) groups is 2. The molecule has 0 radical (unpaired) electrons. The molecule has 0 amide bonds. The number of hydrogen-bond donors (Lipinski definition) is 4. The van der Waals surface area contributed by atoms with Gasteiger partial charge in [0, 0.05) is 12.3 Å². The van der Waals surface area contributed by atoms with Crippen LogP contribution in [-0.4, -0.2) is 82.9 Å². The molecule has 4 N–H and O–H groups in total. The van der Waals surface area contributed by atoms with E-state index in [1.165, 1.54) is 20.3 Å². The van der Waals surface area contributed by atoms with E-state index in [0.29, 0.717) is 12.0 Å². The number of carbonyl (C=O) groups excluding carboxylic acids is 2.